The molecule has 0 fully saturated rings. The first-order chi connectivity index (χ1) is 9.17. The number of hydrogen-bond donors (Lipinski definition) is 3. The van der Waals surface area contributed by atoms with Crippen LogP contribution >= 0.6 is 0 Å². The van der Waals surface area contributed by atoms with Gasteiger partial charge in [-0.2, -0.15) is 0 Å². The van der Waals surface area contributed by atoms with Gasteiger partial charge in [-0.05, 0) is 11.6 Å². The topological polar surface area (TPSA) is 102 Å². The highest BCUT2D eigenvalue weighted by Crippen LogP contribution is 2.26. The number of nitrogens with two attached hydrogens (primary N) is 2. The number of aromatic nitrogens is 1. The molecule has 1 aliphatic rings. The molecule has 0 saturated carbocycles. The molecule has 96 valence electrons. The third kappa shape index (κ3) is 2.09. The summed E-state index contributed by atoms with van der Waals surface area (Å²) >= 11 is 0. The van der Waals surface area contributed by atoms with Crippen LogP contribution in [-0.2, 0) is 5.66 Å². The molecule has 0 spiro atoms. The lowest BCUT2D eigenvalue weighted by Crippen LogP contribution is -2.42. The van der Waals surface area contributed by atoms with Crippen LogP contribution in [0.4, 0.5) is 0 Å². The number of guanidine groups is 1. The minimum atomic E-state index is -0.935. The SMILES string of the molecule is NC1=NC(N)(c2ccc(-c3cnco3)cc2)C=CN1. The molecule has 1 aliphatic heterocycles. The summed E-state index contributed by atoms with van der Waals surface area (Å²) < 4.78 is 5.23. The highest BCUT2D eigenvalue weighted by molar-refractivity contribution is 5.80. The Morgan fingerprint density at radius 2 is 2.00 bits per heavy atom. The minimum Gasteiger partial charge on any atom is -0.444 e. The van der Waals surface area contributed by atoms with Crippen LogP contribution in [0.1, 0.15) is 5.56 Å². The molecule has 0 amide bonds. The van der Waals surface area contributed by atoms with Crippen LogP contribution in [0.3, 0.4) is 0 Å². The third-order valence-electron chi connectivity index (χ3n) is 2.94. The number of nitrogens with one attached hydrogen (secondary N) is 1. The highest BCUT2D eigenvalue weighted by Gasteiger charge is 2.25. The van der Waals surface area contributed by atoms with Gasteiger partial charge in [-0.15, -0.1) is 0 Å². The first-order valence-corrected chi connectivity index (χ1v) is 5.75. The fourth-order valence-electron chi connectivity index (χ4n) is 1.94. The lowest BCUT2D eigenvalue weighted by molar-refractivity contribution is 0.570. The second-order valence-corrected chi connectivity index (χ2v) is 4.24. The van der Waals surface area contributed by atoms with Crippen LogP contribution in [0.15, 0.2) is 58.5 Å². The predicted molar refractivity (Wildman–Crippen MR) is 71.7 cm³/mol. The summed E-state index contributed by atoms with van der Waals surface area (Å²) in [5.74, 6) is 1.01. The number of oxazole rings is 1. The molecule has 0 saturated heterocycles. The Hall–Kier alpha value is -2.60. The van der Waals surface area contributed by atoms with Gasteiger partial charge in [0, 0.05) is 11.8 Å². The van der Waals surface area contributed by atoms with Crippen molar-refractivity contribution in [3.05, 3.63) is 54.7 Å². The van der Waals surface area contributed by atoms with Crippen molar-refractivity contribution in [2.75, 3.05) is 0 Å². The smallest absolute Gasteiger partial charge is 0.195 e. The molecule has 6 heteroatoms. The van der Waals surface area contributed by atoms with Gasteiger partial charge >= 0.3 is 0 Å². The van der Waals surface area contributed by atoms with Crippen molar-refractivity contribution < 1.29 is 4.42 Å². The van der Waals surface area contributed by atoms with Crippen molar-refractivity contribution in [2.45, 2.75) is 5.66 Å². The average molecular weight is 255 g/mol. The molecule has 2 heterocycles. The van der Waals surface area contributed by atoms with Crippen molar-refractivity contribution in [3.63, 3.8) is 0 Å². The molecule has 1 unspecified atom stereocenters. The Kier molecular flexibility index (Phi) is 2.57. The zero-order valence-electron chi connectivity index (χ0n) is 10.1. The molecule has 6 nitrogen and oxygen atoms in total. The summed E-state index contributed by atoms with van der Waals surface area (Å²) in [6, 6.07) is 7.60. The Morgan fingerprint density at radius 1 is 1.21 bits per heavy atom. The second-order valence-electron chi connectivity index (χ2n) is 4.24. The van der Waals surface area contributed by atoms with E-state index in [1.807, 2.05) is 24.3 Å². The Labute approximate surface area is 109 Å². The zero-order chi connectivity index (χ0) is 13.3. The maximum atomic E-state index is 6.21. The summed E-state index contributed by atoms with van der Waals surface area (Å²) in [7, 11) is 0. The van der Waals surface area contributed by atoms with Gasteiger partial charge in [0.05, 0.1) is 6.20 Å². The standard InChI is InChI=1S/C13H13N5O/c14-12-17-6-5-13(15,18-12)10-3-1-9(2-4-10)11-7-16-8-19-11/h1-8H,15H2,(H3,14,17,18). The number of aliphatic imine (C=N–C) groups is 1. The Morgan fingerprint density at radius 3 is 2.63 bits per heavy atom. The molecule has 0 aliphatic carbocycles. The third-order valence-corrected chi connectivity index (χ3v) is 2.94. The van der Waals surface area contributed by atoms with E-state index in [4.69, 9.17) is 15.9 Å². The molecule has 2 aromatic rings. The van der Waals surface area contributed by atoms with Crippen LogP contribution in [0.5, 0.6) is 0 Å². The maximum absolute atomic E-state index is 6.21. The minimum absolute atomic E-state index is 0.296. The molecule has 5 N–H and O–H groups in total. The Balaban J connectivity index is 1.95. The number of benzene rings is 1. The largest absolute Gasteiger partial charge is 0.444 e. The molecule has 0 radical (unpaired) electrons. The Bertz CT molecular complexity index is 630. The van der Waals surface area contributed by atoms with E-state index in [-0.39, 0.29) is 0 Å². The van der Waals surface area contributed by atoms with Gasteiger partial charge < -0.3 is 15.5 Å². The zero-order valence-corrected chi connectivity index (χ0v) is 10.1. The van der Waals surface area contributed by atoms with Crippen LogP contribution in [0.25, 0.3) is 11.3 Å². The first kappa shape index (κ1) is 11.5. The van der Waals surface area contributed by atoms with E-state index in [9.17, 15) is 0 Å². The average Bonchev–Trinajstić information content (AvgIpc) is 2.92. The van der Waals surface area contributed by atoms with Crippen molar-refractivity contribution in [1.82, 2.24) is 10.3 Å². The molecule has 1 aromatic heterocycles. The van der Waals surface area contributed by atoms with Gasteiger partial charge in [0.1, 0.15) is 0 Å². The van der Waals surface area contributed by atoms with E-state index < -0.39 is 5.66 Å². The van der Waals surface area contributed by atoms with E-state index in [0.29, 0.717) is 11.7 Å². The number of rotatable bonds is 2. The van der Waals surface area contributed by atoms with Gasteiger partial charge in [0.15, 0.2) is 23.8 Å². The fourth-order valence-corrected chi connectivity index (χ4v) is 1.94. The van der Waals surface area contributed by atoms with E-state index >= 15 is 0 Å². The quantitative estimate of drug-likeness (QED) is 0.739. The van der Waals surface area contributed by atoms with Gasteiger partial charge in [0.25, 0.3) is 0 Å². The lowest BCUT2D eigenvalue weighted by atomic mass is 9.98. The molecule has 0 bridgehead atoms. The second kappa shape index (κ2) is 4.25. The van der Waals surface area contributed by atoms with Gasteiger partial charge in [-0.1, -0.05) is 24.3 Å². The predicted octanol–water partition coefficient (Wildman–Crippen LogP) is 0.885. The van der Waals surface area contributed by atoms with Crippen molar-refractivity contribution in [3.8, 4) is 11.3 Å². The highest BCUT2D eigenvalue weighted by atomic mass is 16.3. The van der Waals surface area contributed by atoms with E-state index in [0.717, 1.165) is 11.1 Å². The maximum Gasteiger partial charge on any atom is 0.195 e. The monoisotopic (exact) mass is 255 g/mol. The van der Waals surface area contributed by atoms with E-state index in [1.54, 1.807) is 18.5 Å². The van der Waals surface area contributed by atoms with Gasteiger partial charge in [0.2, 0.25) is 0 Å². The molecule has 1 aromatic carbocycles. The van der Waals surface area contributed by atoms with Gasteiger partial charge in [-0.3, -0.25) is 5.73 Å². The van der Waals surface area contributed by atoms with E-state index in [2.05, 4.69) is 15.3 Å². The summed E-state index contributed by atoms with van der Waals surface area (Å²) in [6.07, 6.45) is 6.50. The molecule has 1 atom stereocenters. The first-order valence-electron chi connectivity index (χ1n) is 5.75. The van der Waals surface area contributed by atoms with Crippen molar-refractivity contribution in [1.29, 1.82) is 0 Å². The molecular formula is C13H13N5O. The molecule has 19 heavy (non-hydrogen) atoms. The van der Waals surface area contributed by atoms with Crippen LogP contribution in [0.2, 0.25) is 0 Å². The summed E-state index contributed by atoms with van der Waals surface area (Å²) in [5.41, 5.74) is 12.7. The van der Waals surface area contributed by atoms with Crippen LogP contribution in [-0.4, -0.2) is 10.9 Å². The summed E-state index contributed by atoms with van der Waals surface area (Å²) in [4.78, 5) is 8.10. The summed E-state index contributed by atoms with van der Waals surface area (Å²) in [6.45, 7) is 0. The normalized spacial score (nSPS) is 21.8. The van der Waals surface area contributed by atoms with Crippen molar-refractivity contribution in [2.24, 2.45) is 16.5 Å². The lowest BCUT2D eigenvalue weighted by Gasteiger charge is -2.25. The van der Waals surface area contributed by atoms with E-state index in [1.165, 1.54) is 6.39 Å². The molecular weight excluding hydrogens is 242 g/mol. The summed E-state index contributed by atoms with van der Waals surface area (Å²) in [5, 5.41) is 2.78. The van der Waals surface area contributed by atoms with Crippen molar-refractivity contribution >= 4 is 5.96 Å². The fraction of sp³-hybridized carbons (Fsp3) is 0.0769. The number of hydrogen-bond acceptors (Lipinski definition) is 6. The van der Waals surface area contributed by atoms with Crippen LogP contribution < -0.4 is 16.8 Å². The van der Waals surface area contributed by atoms with Gasteiger partial charge in [-0.25, -0.2) is 9.98 Å². The van der Waals surface area contributed by atoms with Crippen LogP contribution in [0, 0.1) is 0 Å². The molecule has 3 rings (SSSR count). The number of nitrogens with zero attached hydrogens (tertiary/aromatic N) is 2.